The number of carbonyl (C=O) groups excluding carboxylic acids is 4. The highest BCUT2D eigenvalue weighted by atomic mass is 32.2. The van der Waals surface area contributed by atoms with Crippen LogP contribution in [0.4, 0.5) is 9.59 Å². The Labute approximate surface area is 143 Å². The minimum Gasteiger partial charge on any atom is -0.445 e. The number of primary amides is 1. The number of urea groups is 1. The van der Waals surface area contributed by atoms with Gasteiger partial charge < -0.3 is 20.1 Å². The molecule has 4 amide bonds. The third kappa shape index (κ3) is 7.01. The highest BCUT2D eigenvalue weighted by molar-refractivity contribution is 8.14. The van der Waals surface area contributed by atoms with Crippen molar-refractivity contribution in [3.8, 4) is 0 Å². The van der Waals surface area contributed by atoms with Gasteiger partial charge in [0.2, 0.25) is 0 Å². The third-order valence-electron chi connectivity index (χ3n) is 3.07. The van der Waals surface area contributed by atoms with E-state index in [4.69, 9.17) is 15.2 Å². The summed E-state index contributed by atoms with van der Waals surface area (Å²) in [5.41, 5.74) is 4.82. The molecular weight excluding hydrogens is 338 g/mol. The number of thioether (sulfide) groups is 1. The first-order valence-electron chi connectivity index (χ1n) is 7.22. The maximum atomic E-state index is 12.1. The quantitative estimate of drug-likeness (QED) is 0.623. The van der Waals surface area contributed by atoms with Gasteiger partial charge in [-0.2, -0.15) is 0 Å². The Kier molecular flexibility index (Phi) is 8.27. The number of carbonyl (C=O) groups is 4. The van der Waals surface area contributed by atoms with Gasteiger partial charge in [0.1, 0.15) is 13.2 Å². The Morgan fingerprint density at radius 1 is 1.42 bits per heavy atom. The zero-order valence-electron chi connectivity index (χ0n) is 13.4. The van der Waals surface area contributed by atoms with Gasteiger partial charge in [-0.25, -0.2) is 9.59 Å². The van der Waals surface area contributed by atoms with E-state index in [9.17, 15) is 19.2 Å². The Bertz CT molecular complexity index is 513. The van der Waals surface area contributed by atoms with E-state index in [1.54, 1.807) is 0 Å². The molecule has 0 aromatic heterocycles. The molecule has 134 valence electrons. The average molecular weight is 359 g/mol. The zero-order valence-corrected chi connectivity index (χ0v) is 14.2. The number of ether oxygens (including phenoxy) is 2. The predicted molar refractivity (Wildman–Crippen MR) is 87.3 cm³/mol. The van der Waals surface area contributed by atoms with Crippen LogP contribution in [0, 0.1) is 0 Å². The molecule has 0 aliphatic carbocycles. The first-order valence-corrected chi connectivity index (χ1v) is 8.10. The Morgan fingerprint density at radius 3 is 2.71 bits per heavy atom. The van der Waals surface area contributed by atoms with Crippen LogP contribution in [0.3, 0.4) is 0 Å². The molecule has 24 heavy (non-hydrogen) atoms. The summed E-state index contributed by atoms with van der Waals surface area (Å²) in [5.74, 6) is -0.670. The summed E-state index contributed by atoms with van der Waals surface area (Å²) in [4.78, 5) is 46.6. The Hall–Kier alpha value is -2.07. The minimum absolute atomic E-state index is 0.0400. The Morgan fingerprint density at radius 2 is 2.12 bits per heavy atom. The van der Waals surface area contributed by atoms with Crippen molar-refractivity contribution in [2.75, 3.05) is 26.4 Å². The normalized spacial score (nSPS) is 19.6. The van der Waals surface area contributed by atoms with E-state index < -0.39 is 18.0 Å². The lowest BCUT2D eigenvalue weighted by molar-refractivity contribution is -0.125. The van der Waals surface area contributed by atoms with Gasteiger partial charge in [-0.05, 0) is 6.42 Å². The second-order valence-corrected chi connectivity index (χ2v) is 6.54. The lowest BCUT2D eigenvalue weighted by atomic mass is 10.2. The SMILES string of the molecule is C=CCOC(=O)N1C[C@@H](SC(C)=O)C[C@H]1COCC(=O)NC(N)=O. The molecule has 2 atom stereocenters. The molecular formula is C14H21N3O6S. The number of nitrogens with zero attached hydrogens (tertiary/aromatic N) is 1. The fourth-order valence-corrected chi connectivity index (χ4v) is 3.27. The van der Waals surface area contributed by atoms with E-state index in [1.165, 1.54) is 17.9 Å². The average Bonchev–Trinajstić information content (AvgIpc) is 2.86. The molecule has 0 aromatic rings. The van der Waals surface area contributed by atoms with Crippen LogP contribution in [-0.2, 0) is 19.1 Å². The van der Waals surface area contributed by atoms with Crippen LogP contribution in [0.15, 0.2) is 12.7 Å². The van der Waals surface area contributed by atoms with Crippen LogP contribution < -0.4 is 11.1 Å². The van der Waals surface area contributed by atoms with Gasteiger partial charge in [0, 0.05) is 18.7 Å². The molecule has 0 bridgehead atoms. The maximum Gasteiger partial charge on any atom is 0.410 e. The van der Waals surface area contributed by atoms with Crippen molar-refractivity contribution in [1.82, 2.24) is 10.2 Å². The largest absolute Gasteiger partial charge is 0.445 e. The second-order valence-electron chi connectivity index (χ2n) is 5.07. The molecule has 1 heterocycles. The molecule has 1 fully saturated rings. The molecule has 10 heteroatoms. The Balaban J connectivity index is 2.56. The van der Waals surface area contributed by atoms with Crippen molar-refractivity contribution in [1.29, 1.82) is 0 Å². The van der Waals surface area contributed by atoms with Crippen molar-refractivity contribution >= 4 is 34.9 Å². The minimum atomic E-state index is -0.961. The molecule has 9 nitrogen and oxygen atoms in total. The van der Waals surface area contributed by atoms with Crippen molar-refractivity contribution in [2.45, 2.75) is 24.6 Å². The standard InChI is InChI=1S/C14H21N3O6S/c1-3-4-23-14(21)17-6-11(24-9(2)18)5-10(17)7-22-8-12(19)16-13(15)20/h3,10-11H,1,4-8H2,2H3,(H3,15,16,19,20)/t10-,11-/m0/s1. The van der Waals surface area contributed by atoms with E-state index in [0.717, 1.165) is 11.8 Å². The summed E-state index contributed by atoms with van der Waals surface area (Å²) in [6, 6.07) is -1.29. The molecule has 0 saturated carbocycles. The molecule has 0 unspecified atom stereocenters. The lowest BCUT2D eigenvalue weighted by Gasteiger charge is -2.23. The van der Waals surface area contributed by atoms with Crippen LogP contribution in [0.1, 0.15) is 13.3 Å². The summed E-state index contributed by atoms with van der Waals surface area (Å²) in [6.07, 6.45) is 1.46. The lowest BCUT2D eigenvalue weighted by Crippen LogP contribution is -2.41. The monoisotopic (exact) mass is 359 g/mol. The molecule has 0 spiro atoms. The van der Waals surface area contributed by atoms with Crippen molar-refractivity contribution < 1.29 is 28.7 Å². The molecule has 0 aromatic carbocycles. The van der Waals surface area contributed by atoms with Crippen LogP contribution in [-0.4, -0.2) is 65.7 Å². The first kappa shape index (κ1) is 20.0. The molecule has 3 N–H and O–H groups in total. The van der Waals surface area contributed by atoms with Crippen molar-refractivity contribution in [3.63, 3.8) is 0 Å². The molecule has 1 aliphatic rings. The number of likely N-dealkylation sites (tertiary alicyclic amines) is 1. The fraction of sp³-hybridized carbons (Fsp3) is 0.571. The molecule has 1 aliphatic heterocycles. The van der Waals surface area contributed by atoms with Crippen LogP contribution in [0.2, 0.25) is 0 Å². The van der Waals surface area contributed by atoms with Gasteiger partial charge >= 0.3 is 12.1 Å². The number of hydrogen-bond acceptors (Lipinski definition) is 7. The molecule has 1 saturated heterocycles. The van der Waals surface area contributed by atoms with Gasteiger partial charge in [-0.3, -0.25) is 14.9 Å². The van der Waals surface area contributed by atoms with Gasteiger partial charge in [-0.15, -0.1) is 0 Å². The number of nitrogens with one attached hydrogen (secondary N) is 1. The predicted octanol–water partition coefficient (Wildman–Crippen LogP) is 0.243. The van der Waals surface area contributed by atoms with Crippen LogP contribution in [0.5, 0.6) is 0 Å². The molecule has 1 rings (SSSR count). The van der Waals surface area contributed by atoms with E-state index in [0.29, 0.717) is 13.0 Å². The van der Waals surface area contributed by atoms with Crippen LogP contribution >= 0.6 is 11.8 Å². The zero-order chi connectivity index (χ0) is 18.1. The molecule has 0 radical (unpaired) electrons. The fourth-order valence-electron chi connectivity index (χ4n) is 2.25. The highest BCUT2D eigenvalue weighted by Gasteiger charge is 2.37. The summed E-state index contributed by atoms with van der Waals surface area (Å²) in [6.45, 7) is 5.07. The summed E-state index contributed by atoms with van der Waals surface area (Å²) in [5, 5.41) is 1.77. The van der Waals surface area contributed by atoms with E-state index in [2.05, 4.69) is 6.58 Å². The van der Waals surface area contributed by atoms with Gasteiger partial charge in [-0.1, -0.05) is 24.4 Å². The van der Waals surface area contributed by atoms with E-state index in [-0.39, 0.29) is 36.2 Å². The van der Waals surface area contributed by atoms with E-state index >= 15 is 0 Å². The van der Waals surface area contributed by atoms with E-state index in [1.807, 2.05) is 5.32 Å². The number of rotatable bonds is 7. The maximum absolute atomic E-state index is 12.1. The van der Waals surface area contributed by atoms with Crippen LogP contribution in [0.25, 0.3) is 0 Å². The third-order valence-corrected chi connectivity index (χ3v) is 4.08. The first-order chi connectivity index (χ1) is 11.3. The second kappa shape index (κ2) is 9.93. The van der Waals surface area contributed by atoms with Gasteiger partial charge in [0.15, 0.2) is 5.12 Å². The van der Waals surface area contributed by atoms with Crippen molar-refractivity contribution in [3.05, 3.63) is 12.7 Å². The number of hydrogen-bond donors (Lipinski definition) is 2. The van der Waals surface area contributed by atoms with Crippen molar-refractivity contribution in [2.24, 2.45) is 5.73 Å². The number of nitrogens with two attached hydrogens (primary N) is 1. The van der Waals surface area contributed by atoms with Gasteiger partial charge in [0.25, 0.3) is 5.91 Å². The number of imide groups is 1. The summed E-state index contributed by atoms with van der Waals surface area (Å²) < 4.78 is 10.3. The topological polar surface area (TPSA) is 128 Å². The van der Waals surface area contributed by atoms with Gasteiger partial charge in [0.05, 0.1) is 12.6 Å². The smallest absolute Gasteiger partial charge is 0.410 e. The number of amides is 4. The summed E-state index contributed by atoms with van der Waals surface area (Å²) >= 11 is 1.15. The highest BCUT2D eigenvalue weighted by Crippen LogP contribution is 2.28. The summed E-state index contributed by atoms with van der Waals surface area (Å²) in [7, 11) is 0.